The van der Waals surface area contributed by atoms with Crippen molar-refractivity contribution in [1.82, 2.24) is 14.8 Å². The summed E-state index contributed by atoms with van der Waals surface area (Å²) >= 11 is 0. The van der Waals surface area contributed by atoms with Gasteiger partial charge in [0, 0.05) is 51.5 Å². The quantitative estimate of drug-likeness (QED) is 0.914. The van der Waals surface area contributed by atoms with Crippen molar-refractivity contribution in [2.45, 2.75) is 19.4 Å². The second-order valence-electron chi connectivity index (χ2n) is 6.14. The third kappa shape index (κ3) is 4.32. The molecule has 5 heteroatoms. The normalized spacial score (nSPS) is 15.4. The summed E-state index contributed by atoms with van der Waals surface area (Å²) in [6.45, 7) is 4.23. The molecule has 1 aliphatic heterocycles. The molecule has 1 aromatic carbocycles. The summed E-state index contributed by atoms with van der Waals surface area (Å²) in [5.74, 6) is 0.439. The van der Waals surface area contributed by atoms with Crippen molar-refractivity contribution in [2.24, 2.45) is 0 Å². The molecule has 24 heavy (non-hydrogen) atoms. The minimum atomic E-state index is 0.168. The molecule has 0 atom stereocenters. The summed E-state index contributed by atoms with van der Waals surface area (Å²) in [7, 11) is 0. The smallest absolute Gasteiger partial charge is 0.222 e. The molecule has 0 aliphatic carbocycles. The van der Waals surface area contributed by atoms with Crippen LogP contribution in [0.3, 0.4) is 0 Å². The van der Waals surface area contributed by atoms with Crippen LogP contribution in [-0.2, 0) is 17.8 Å². The summed E-state index contributed by atoms with van der Waals surface area (Å²) in [5, 5.41) is 9.77. The summed E-state index contributed by atoms with van der Waals surface area (Å²) in [4.78, 5) is 20.7. The average molecular weight is 325 g/mol. The van der Waals surface area contributed by atoms with Crippen LogP contribution >= 0.6 is 0 Å². The van der Waals surface area contributed by atoms with Crippen LogP contribution in [0.25, 0.3) is 0 Å². The summed E-state index contributed by atoms with van der Waals surface area (Å²) in [5.41, 5.74) is 2.09. The third-order valence-corrected chi connectivity index (χ3v) is 4.48. The van der Waals surface area contributed by atoms with E-state index in [9.17, 15) is 9.90 Å². The molecule has 126 valence electrons. The van der Waals surface area contributed by atoms with E-state index in [1.54, 1.807) is 12.1 Å². The van der Waals surface area contributed by atoms with Crippen molar-refractivity contribution in [3.05, 3.63) is 59.9 Å². The summed E-state index contributed by atoms with van der Waals surface area (Å²) in [6.07, 6.45) is 4.66. The lowest BCUT2D eigenvalue weighted by atomic mass is 10.1. The molecule has 1 aliphatic rings. The number of hydrogen-bond acceptors (Lipinski definition) is 4. The topological polar surface area (TPSA) is 56.7 Å². The van der Waals surface area contributed by atoms with E-state index in [0.717, 1.165) is 38.3 Å². The number of phenolic OH excluding ortho intramolecular Hbond substituents is 1. The minimum absolute atomic E-state index is 0.168. The van der Waals surface area contributed by atoms with Crippen LogP contribution in [0, 0.1) is 0 Å². The highest BCUT2D eigenvalue weighted by atomic mass is 16.3. The number of aryl methyl sites for hydroxylation is 1. The van der Waals surface area contributed by atoms with Gasteiger partial charge in [-0.25, -0.2) is 0 Å². The number of benzene rings is 1. The third-order valence-electron chi connectivity index (χ3n) is 4.48. The van der Waals surface area contributed by atoms with Crippen LogP contribution in [0.1, 0.15) is 17.5 Å². The van der Waals surface area contributed by atoms with Gasteiger partial charge < -0.3 is 10.0 Å². The van der Waals surface area contributed by atoms with Gasteiger partial charge in [-0.2, -0.15) is 0 Å². The highest BCUT2D eigenvalue weighted by Crippen LogP contribution is 2.18. The van der Waals surface area contributed by atoms with Crippen molar-refractivity contribution in [1.29, 1.82) is 0 Å². The van der Waals surface area contributed by atoms with Crippen molar-refractivity contribution >= 4 is 5.91 Å². The molecule has 0 spiro atoms. The molecule has 1 saturated heterocycles. The predicted molar refractivity (Wildman–Crippen MR) is 92.5 cm³/mol. The van der Waals surface area contributed by atoms with Crippen LogP contribution < -0.4 is 0 Å². The van der Waals surface area contributed by atoms with Gasteiger partial charge in [0.25, 0.3) is 0 Å². The maximum Gasteiger partial charge on any atom is 0.222 e. The van der Waals surface area contributed by atoms with Crippen LogP contribution in [0.15, 0.2) is 48.8 Å². The predicted octanol–water partition coefficient (Wildman–Crippen LogP) is 2.06. The van der Waals surface area contributed by atoms with Crippen molar-refractivity contribution < 1.29 is 9.90 Å². The number of para-hydroxylation sites is 1. The maximum atomic E-state index is 12.4. The van der Waals surface area contributed by atoms with E-state index in [2.05, 4.69) is 9.88 Å². The number of phenols is 1. The number of carbonyl (C=O) groups is 1. The van der Waals surface area contributed by atoms with Gasteiger partial charge in [-0.15, -0.1) is 0 Å². The standard InChI is InChI=1S/C19H23N3O2/c23-18-4-2-1-3-17(18)5-6-19(24)22-13-11-21(12-14-22)15-16-7-9-20-10-8-16/h1-4,7-10,23H,5-6,11-15H2. The first-order valence-electron chi connectivity index (χ1n) is 8.38. The number of piperazine rings is 1. The van der Waals surface area contributed by atoms with Crippen LogP contribution in [-0.4, -0.2) is 52.0 Å². The largest absolute Gasteiger partial charge is 0.508 e. The van der Waals surface area contributed by atoms with Gasteiger partial charge in [-0.05, 0) is 35.7 Å². The number of carbonyl (C=O) groups excluding carboxylic acids is 1. The summed E-state index contributed by atoms with van der Waals surface area (Å²) < 4.78 is 0. The van der Waals surface area contributed by atoms with Crippen LogP contribution in [0.5, 0.6) is 5.75 Å². The Balaban J connectivity index is 1.44. The molecular weight excluding hydrogens is 302 g/mol. The molecule has 2 aromatic rings. The lowest BCUT2D eigenvalue weighted by Crippen LogP contribution is -2.48. The molecule has 0 radical (unpaired) electrons. The van der Waals surface area contributed by atoms with Gasteiger partial charge in [-0.3, -0.25) is 14.7 Å². The first kappa shape index (κ1) is 16.5. The Hall–Kier alpha value is -2.40. The van der Waals surface area contributed by atoms with Gasteiger partial charge in [0.05, 0.1) is 0 Å². The zero-order valence-electron chi connectivity index (χ0n) is 13.8. The minimum Gasteiger partial charge on any atom is -0.508 e. The Bertz CT molecular complexity index is 667. The van der Waals surface area contributed by atoms with Crippen LogP contribution in [0.4, 0.5) is 0 Å². The molecule has 5 nitrogen and oxygen atoms in total. The van der Waals surface area contributed by atoms with E-state index in [4.69, 9.17) is 0 Å². The highest BCUT2D eigenvalue weighted by Gasteiger charge is 2.21. The van der Waals surface area contributed by atoms with Crippen molar-refractivity contribution in [2.75, 3.05) is 26.2 Å². The highest BCUT2D eigenvalue weighted by molar-refractivity contribution is 5.76. The fourth-order valence-corrected chi connectivity index (χ4v) is 3.02. The molecule has 0 unspecified atom stereocenters. The lowest BCUT2D eigenvalue weighted by Gasteiger charge is -2.34. The number of hydrogen-bond donors (Lipinski definition) is 1. The number of rotatable bonds is 5. The second kappa shape index (κ2) is 7.93. The molecule has 3 rings (SSSR count). The number of aromatic hydroxyl groups is 1. The molecule has 1 fully saturated rings. The van der Waals surface area contributed by atoms with Crippen molar-refractivity contribution in [3.63, 3.8) is 0 Å². The van der Waals surface area contributed by atoms with E-state index in [0.29, 0.717) is 12.8 Å². The Morgan fingerprint density at radius 3 is 2.46 bits per heavy atom. The Morgan fingerprint density at radius 1 is 1.04 bits per heavy atom. The lowest BCUT2D eigenvalue weighted by molar-refractivity contribution is -0.133. The van der Waals surface area contributed by atoms with E-state index in [1.165, 1.54) is 5.56 Å². The Kier molecular flexibility index (Phi) is 5.43. The summed E-state index contributed by atoms with van der Waals surface area (Å²) in [6, 6.07) is 11.3. The number of nitrogens with zero attached hydrogens (tertiary/aromatic N) is 3. The van der Waals surface area contributed by atoms with Crippen LogP contribution in [0.2, 0.25) is 0 Å². The van der Waals surface area contributed by atoms with E-state index < -0.39 is 0 Å². The molecule has 1 amide bonds. The van der Waals surface area contributed by atoms with Gasteiger partial charge in [0.1, 0.15) is 5.75 Å². The van der Waals surface area contributed by atoms with E-state index in [1.807, 2.05) is 41.6 Å². The molecule has 0 saturated carbocycles. The Labute approximate surface area is 142 Å². The SMILES string of the molecule is O=C(CCc1ccccc1O)N1CCN(Cc2ccncc2)CC1. The monoisotopic (exact) mass is 325 g/mol. The number of amides is 1. The molecule has 2 heterocycles. The van der Waals surface area contributed by atoms with Gasteiger partial charge in [0.2, 0.25) is 5.91 Å². The van der Waals surface area contributed by atoms with E-state index >= 15 is 0 Å². The average Bonchev–Trinajstić information content (AvgIpc) is 2.62. The van der Waals surface area contributed by atoms with Crippen molar-refractivity contribution in [3.8, 4) is 5.75 Å². The number of aromatic nitrogens is 1. The zero-order valence-corrected chi connectivity index (χ0v) is 13.8. The first-order valence-corrected chi connectivity index (χ1v) is 8.38. The fourth-order valence-electron chi connectivity index (χ4n) is 3.02. The van der Waals surface area contributed by atoms with Gasteiger partial charge in [-0.1, -0.05) is 18.2 Å². The molecule has 1 aromatic heterocycles. The number of pyridine rings is 1. The Morgan fingerprint density at radius 2 is 1.75 bits per heavy atom. The first-order chi connectivity index (χ1) is 11.7. The maximum absolute atomic E-state index is 12.4. The zero-order chi connectivity index (χ0) is 16.8. The molecule has 0 bridgehead atoms. The van der Waals surface area contributed by atoms with E-state index in [-0.39, 0.29) is 11.7 Å². The fraction of sp³-hybridized carbons (Fsp3) is 0.368. The molecule has 1 N–H and O–H groups in total. The van der Waals surface area contributed by atoms with Gasteiger partial charge in [0.15, 0.2) is 0 Å². The molecular formula is C19H23N3O2. The second-order valence-corrected chi connectivity index (χ2v) is 6.14. The van der Waals surface area contributed by atoms with Gasteiger partial charge >= 0.3 is 0 Å².